The number of hydrogen-bond acceptors (Lipinski definition) is 3. The minimum absolute atomic E-state index is 0.271. The lowest BCUT2D eigenvalue weighted by Gasteiger charge is -2.21. The van der Waals surface area contributed by atoms with Crippen LogP contribution in [0.1, 0.15) is 29.3 Å². The number of Topliss-reactive ketones (excluding diaryl/α,β-unsaturated/α-hetero) is 1. The average molecular weight is 299 g/mol. The fourth-order valence-corrected chi connectivity index (χ4v) is 1.88. The summed E-state index contributed by atoms with van der Waals surface area (Å²) in [6.45, 7) is 3.70. The van der Waals surface area contributed by atoms with Crippen LogP contribution in [-0.2, 0) is 9.53 Å². The fraction of sp³-hybridized carbons (Fsp3) is 0.385. The smallest absolute Gasteiger partial charge is 0.330 e. The molecule has 0 fully saturated rings. The standard InChI is InChI=1S/C13H15BrO3/c1-4-13(14,12(16)17-3)11(15)10-7-5-9(2)6-8-10/h5-8H,4H2,1-3H3. The molecule has 0 spiro atoms. The van der Waals surface area contributed by atoms with E-state index in [2.05, 4.69) is 20.7 Å². The Morgan fingerprint density at radius 2 is 1.82 bits per heavy atom. The number of carbonyl (C=O) groups excluding carboxylic acids is 2. The van der Waals surface area contributed by atoms with Crippen molar-refractivity contribution in [3.63, 3.8) is 0 Å². The molecule has 0 saturated heterocycles. The molecule has 0 aliphatic rings. The zero-order valence-corrected chi connectivity index (χ0v) is 11.7. The normalized spacial score (nSPS) is 13.9. The van der Waals surface area contributed by atoms with E-state index in [-0.39, 0.29) is 5.78 Å². The van der Waals surface area contributed by atoms with E-state index in [1.165, 1.54) is 7.11 Å². The highest BCUT2D eigenvalue weighted by Gasteiger charge is 2.43. The third kappa shape index (κ3) is 2.75. The molecule has 0 aromatic heterocycles. The second-order valence-corrected chi connectivity index (χ2v) is 5.20. The van der Waals surface area contributed by atoms with Crippen LogP contribution >= 0.6 is 15.9 Å². The molecule has 3 nitrogen and oxygen atoms in total. The van der Waals surface area contributed by atoms with Gasteiger partial charge in [0.25, 0.3) is 0 Å². The molecular formula is C13H15BrO3. The number of halogens is 1. The summed E-state index contributed by atoms with van der Waals surface area (Å²) in [5.74, 6) is -0.836. The maximum Gasteiger partial charge on any atom is 0.330 e. The molecule has 1 aromatic carbocycles. The molecule has 0 N–H and O–H groups in total. The van der Waals surface area contributed by atoms with Gasteiger partial charge in [-0.2, -0.15) is 0 Å². The third-order valence-electron chi connectivity index (χ3n) is 2.67. The van der Waals surface area contributed by atoms with E-state index in [1.54, 1.807) is 19.1 Å². The average Bonchev–Trinajstić information content (AvgIpc) is 2.36. The van der Waals surface area contributed by atoms with Gasteiger partial charge in [-0.05, 0) is 13.3 Å². The molecule has 0 bridgehead atoms. The SMILES string of the molecule is CCC(Br)(C(=O)OC)C(=O)c1ccc(C)cc1. The van der Waals surface area contributed by atoms with Gasteiger partial charge in [-0.3, -0.25) is 9.59 Å². The highest BCUT2D eigenvalue weighted by atomic mass is 79.9. The first-order valence-corrected chi connectivity index (χ1v) is 6.13. The number of esters is 1. The van der Waals surface area contributed by atoms with Crippen LogP contribution in [0.5, 0.6) is 0 Å². The third-order valence-corrected chi connectivity index (χ3v) is 3.91. The lowest BCUT2D eigenvalue weighted by molar-refractivity contribution is -0.141. The van der Waals surface area contributed by atoms with Gasteiger partial charge in [0.1, 0.15) is 0 Å². The van der Waals surface area contributed by atoms with Crippen molar-refractivity contribution in [2.75, 3.05) is 7.11 Å². The molecule has 4 heteroatoms. The maximum atomic E-state index is 12.3. The van der Waals surface area contributed by atoms with Gasteiger partial charge in [0.2, 0.25) is 0 Å². The number of aryl methyl sites for hydroxylation is 1. The van der Waals surface area contributed by atoms with Crippen LogP contribution in [0.2, 0.25) is 0 Å². The Morgan fingerprint density at radius 3 is 2.24 bits per heavy atom. The van der Waals surface area contributed by atoms with Crippen LogP contribution in [-0.4, -0.2) is 23.2 Å². The number of carbonyl (C=O) groups is 2. The molecule has 17 heavy (non-hydrogen) atoms. The number of methoxy groups -OCH3 is 1. The van der Waals surface area contributed by atoms with Crippen molar-refractivity contribution >= 4 is 27.7 Å². The summed E-state index contributed by atoms with van der Waals surface area (Å²) in [7, 11) is 1.27. The Labute approximate surface area is 109 Å². The van der Waals surface area contributed by atoms with Crippen molar-refractivity contribution < 1.29 is 14.3 Å². The topological polar surface area (TPSA) is 43.4 Å². The Bertz CT molecular complexity index is 425. The van der Waals surface area contributed by atoms with Gasteiger partial charge in [0.05, 0.1) is 7.11 Å². The summed E-state index contributed by atoms with van der Waals surface area (Å²) < 4.78 is 3.39. The highest BCUT2D eigenvalue weighted by Crippen LogP contribution is 2.29. The number of rotatable bonds is 4. The number of ether oxygens (including phenoxy) is 1. The van der Waals surface area contributed by atoms with Gasteiger partial charge in [-0.1, -0.05) is 52.7 Å². The minimum atomic E-state index is -1.28. The van der Waals surface area contributed by atoms with Crippen LogP contribution in [0.15, 0.2) is 24.3 Å². The molecule has 0 amide bonds. The van der Waals surface area contributed by atoms with Gasteiger partial charge in [-0.25, -0.2) is 0 Å². The predicted octanol–water partition coefficient (Wildman–Crippen LogP) is 2.89. The Hall–Kier alpha value is -1.16. The monoisotopic (exact) mass is 298 g/mol. The molecular weight excluding hydrogens is 284 g/mol. The van der Waals surface area contributed by atoms with Crippen LogP contribution < -0.4 is 0 Å². The number of benzene rings is 1. The Kier molecular flexibility index (Phi) is 4.46. The molecule has 1 unspecified atom stereocenters. The Morgan fingerprint density at radius 1 is 1.29 bits per heavy atom. The molecule has 92 valence electrons. The molecule has 0 saturated carbocycles. The molecule has 0 radical (unpaired) electrons. The van der Waals surface area contributed by atoms with Gasteiger partial charge >= 0.3 is 5.97 Å². The van der Waals surface area contributed by atoms with Gasteiger partial charge in [0.15, 0.2) is 10.1 Å². The summed E-state index contributed by atoms with van der Waals surface area (Å²) in [6, 6.07) is 7.11. The molecule has 0 aliphatic carbocycles. The van der Waals surface area contributed by atoms with Gasteiger partial charge < -0.3 is 4.74 Å². The summed E-state index contributed by atoms with van der Waals surface area (Å²) >= 11 is 3.21. The number of hydrogen-bond donors (Lipinski definition) is 0. The van der Waals surface area contributed by atoms with E-state index < -0.39 is 10.3 Å². The fourth-order valence-electron chi connectivity index (χ4n) is 1.49. The number of alkyl halides is 1. The summed E-state index contributed by atoms with van der Waals surface area (Å²) in [4.78, 5) is 23.9. The van der Waals surface area contributed by atoms with Crippen LogP contribution in [0.25, 0.3) is 0 Å². The summed E-state index contributed by atoms with van der Waals surface area (Å²) in [5.41, 5.74) is 1.57. The van der Waals surface area contributed by atoms with E-state index in [0.29, 0.717) is 12.0 Å². The second-order valence-electron chi connectivity index (χ2n) is 3.84. The van der Waals surface area contributed by atoms with Crippen LogP contribution in [0.3, 0.4) is 0 Å². The van der Waals surface area contributed by atoms with Crippen molar-refractivity contribution in [2.45, 2.75) is 24.6 Å². The van der Waals surface area contributed by atoms with Gasteiger partial charge in [-0.15, -0.1) is 0 Å². The largest absolute Gasteiger partial charge is 0.468 e. The van der Waals surface area contributed by atoms with E-state index in [4.69, 9.17) is 0 Å². The zero-order chi connectivity index (χ0) is 13.1. The maximum absolute atomic E-state index is 12.3. The van der Waals surface area contributed by atoms with E-state index >= 15 is 0 Å². The van der Waals surface area contributed by atoms with Gasteiger partial charge in [0, 0.05) is 5.56 Å². The minimum Gasteiger partial charge on any atom is -0.468 e. The van der Waals surface area contributed by atoms with Crippen molar-refractivity contribution in [3.05, 3.63) is 35.4 Å². The molecule has 0 heterocycles. The quantitative estimate of drug-likeness (QED) is 0.371. The van der Waals surface area contributed by atoms with Crippen molar-refractivity contribution in [1.29, 1.82) is 0 Å². The van der Waals surface area contributed by atoms with Crippen LogP contribution in [0, 0.1) is 6.92 Å². The molecule has 1 rings (SSSR count). The van der Waals surface area contributed by atoms with E-state index in [1.807, 2.05) is 19.1 Å². The summed E-state index contributed by atoms with van der Waals surface area (Å²) in [5, 5.41) is 0. The van der Waals surface area contributed by atoms with Crippen LogP contribution in [0.4, 0.5) is 0 Å². The van der Waals surface area contributed by atoms with Crippen molar-refractivity contribution in [3.8, 4) is 0 Å². The predicted molar refractivity (Wildman–Crippen MR) is 69.5 cm³/mol. The molecule has 1 atom stereocenters. The van der Waals surface area contributed by atoms with E-state index in [9.17, 15) is 9.59 Å². The lowest BCUT2D eigenvalue weighted by Crippen LogP contribution is -2.41. The van der Waals surface area contributed by atoms with Crippen molar-refractivity contribution in [2.24, 2.45) is 0 Å². The lowest BCUT2D eigenvalue weighted by atomic mass is 9.94. The first-order chi connectivity index (χ1) is 7.95. The number of ketones is 1. The molecule has 0 aliphatic heterocycles. The van der Waals surface area contributed by atoms with Crippen molar-refractivity contribution in [1.82, 2.24) is 0 Å². The first kappa shape index (κ1) is 13.9. The zero-order valence-electron chi connectivity index (χ0n) is 10.1. The second kappa shape index (κ2) is 5.45. The molecule has 1 aromatic rings. The Balaban J connectivity index is 3.09. The first-order valence-electron chi connectivity index (χ1n) is 5.34. The van der Waals surface area contributed by atoms with E-state index in [0.717, 1.165) is 5.56 Å². The summed E-state index contributed by atoms with van der Waals surface area (Å²) in [6.07, 6.45) is 0.340. The highest BCUT2D eigenvalue weighted by molar-refractivity contribution is 9.10.